The van der Waals surface area contributed by atoms with Crippen LogP contribution in [0.4, 0.5) is 0 Å². The number of rotatable bonds is 5. The predicted octanol–water partition coefficient (Wildman–Crippen LogP) is -0.186. The molecule has 0 aromatic heterocycles. The summed E-state index contributed by atoms with van der Waals surface area (Å²) in [5.74, 6) is 0.0766. The summed E-state index contributed by atoms with van der Waals surface area (Å²) in [5.41, 5.74) is 0.625. The van der Waals surface area contributed by atoms with E-state index < -0.39 is 24.9 Å². The molecule has 0 amide bonds. The van der Waals surface area contributed by atoms with Crippen molar-refractivity contribution in [2.75, 3.05) is 11.3 Å². The molecule has 0 radical (unpaired) electrons. The summed E-state index contributed by atoms with van der Waals surface area (Å²) in [6, 6.07) is 5.91. The average molecular weight is 279 g/mol. The number of benzene rings is 1. The van der Waals surface area contributed by atoms with Gasteiger partial charge < -0.3 is 5.11 Å². The molecule has 1 aromatic carbocycles. The van der Waals surface area contributed by atoms with Gasteiger partial charge in [-0.05, 0) is 17.7 Å². The first-order valence-corrected chi connectivity index (χ1v) is 8.32. The molecule has 17 heavy (non-hydrogen) atoms. The molecule has 0 aliphatic heterocycles. The molecule has 0 fully saturated rings. The van der Waals surface area contributed by atoms with Crippen LogP contribution in [0.25, 0.3) is 0 Å². The fourth-order valence-electron chi connectivity index (χ4n) is 1.13. The van der Waals surface area contributed by atoms with Gasteiger partial charge in [-0.15, -0.1) is 0 Å². The summed E-state index contributed by atoms with van der Waals surface area (Å²) in [6.07, 6.45) is 0.854. The lowest BCUT2D eigenvalue weighted by Gasteiger charge is -2.05. The lowest BCUT2D eigenvalue weighted by Crippen LogP contribution is -2.29. The largest absolute Gasteiger partial charge is 0.508 e. The van der Waals surface area contributed by atoms with Crippen LogP contribution in [-0.4, -0.2) is 33.3 Å². The van der Waals surface area contributed by atoms with Crippen molar-refractivity contribution in [2.24, 2.45) is 0 Å². The lowest BCUT2D eigenvalue weighted by molar-refractivity contribution is 0.475. The third-order valence-electron chi connectivity index (χ3n) is 1.80. The standard InChI is InChI=1S/C9H13NO5S2/c1-16(12,13)7-17(14,15)10-6-8-2-4-9(11)5-3-8/h2-5,10-11H,6-7H2,1H3. The maximum Gasteiger partial charge on any atom is 0.226 e. The van der Waals surface area contributed by atoms with E-state index in [1.807, 2.05) is 0 Å². The highest BCUT2D eigenvalue weighted by atomic mass is 32.3. The Kier molecular flexibility index (Phi) is 4.12. The Labute approximate surface area is 100 Å². The fraction of sp³-hybridized carbons (Fsp3) is 0.333. The highest BCUT2D eigenvalue weighted by Gasteiger charge is 2.17. The van der Waals surface area contributed by atoms with E-state index in [9.17, 15) is 16.8 Å². The molecule has 6 nitrogen and oxygen atoms in total. The summed E-state index contributed by atoms with van der Waals surface area (Å²) in [4.78, 5) is 0. The van der Waals surface area contributed by atoms with Crippen LogP contribution in [0, 0.1) is 0 Å². The molecule has 96 valence electrons. The molecular formula is C9H13NO5S2. The van der Waals surface area contributed by atoms with Crippen molar-refractivity contribution >= 4 is 19.9 Å². The number of aromatic hydroxyl groups is 1. The van der Waals surface area contributed by atoms with Gasteiger partial charge in [-0.3, -0.25) is 0 Å². The molecule has 1 rings (SSSR count). The summed E-state index contributed by atoms with van der Waals surface area (Å²) in [7, 11) is -7.43. The number of phenolic OH excluding ortho intramolecular Hbond substituents is 1. The Morgan fingerprint density at radius 2 is 1.65 bits per heavy atom. The van der Waals surface area contributed by atoms with E-state index >= 15 is 0 Å². The Bertz CT molecular complexity index is 574. The van der Waals surface area contributed by atoms with Gasteiger partial charge >= 0.3 is 0 Å². The molecule has 8 heteroatoms. The van der Waals surface area contributed by atoms with Crippen LogP contribution in [0.5, 0.6) is 5.75 Å². The molecule has 0 aliphatic rings. The minimum Gasteiger partial charge on any atom is -0.508 e. The second-order valence-electron chi connectivity index (χ2n) is 3.65. The summed E-state index contributed by atoms with van der Waals surface area (Å²) >= 11 is 0. The van der Waals surface area contributed by atoms with Crippen molar-refractivity contribution in [2.45, 2.75) is 6.54 Å². The molecule has 0 spiro atoms. The van der Waals surface area contributed by atoms with Crippen LogP contribution in [0.15, 0.2) is 24.3 Å². The van der Waals surface area contributed by atoms with Crippen LogP contribution in [0.1, 0.15) is 5.56 Å². The van der Waals surface area contributed by atoms with E-state index in [4.69, 9.17) is 5.11 Å². The SMILES string of the molecule is CS(=O)(=O)CS(=O)(=O)NCc1ccc(O)cc1. The van der Waals surface area contributed by atoms with E-state index in [1.54, 1.807) is 0 Å². The zero-order valence-corrected chi connectivity index (χ0v) is 10.8. The van der Waals surface area contributed by atoms with Gasteiger partial charge in [-0.2, -0.15) is 0 Å². The monoisotopic (exact) mass is 279 g/mol. The van der Waals surface area contributed by atoms with Crippen molar-refractivity contribution in [3.63, 3.8) is 0 Å². The number of hydrogen-bond donors (Lipinski definition) is 2. The minimum absolute atomic E-state index is 0.0157. The van der Waals surface area contributed by atoms with Gasteiger partial charge in [0.05, 0.1) is 0 Å². The van der Waals surface area contributed by atoms with Crippen molar-refractivity contribution in [1.29, 1.82) is 0 Å². The van der Waals surface area contributed by atoms with Crippen molar-refractivity contribution in [1.82, 2.24) is 4.72 Å². The number of phenols is 1. The normalized spacial score (nSPS) is 12.5. The molecule has 1 aromatic rings. The van der Waals surface area contributed by atoms with Crippen molar-refractivity contribution < 1.29 is 21.9 Å². The van der Waals surface area contributed by atoms with Gasteiger partial charge in [-0.25, -0.2) is 21.6 Å². The van der Waals surface area contributed by atoms with E-state index in [2.05, 4.69) is 4.72 Å². The minimum atomic E-state index is -3.85. The Hall–Kier alpha value is -1.12. The number of nitrogens with one attached hydrogen (secondary N) is 1. The predicted molar refractivity (Wildman–Crippen MR) is 63.6 cm³/mol. The molecular weight excluding hydrogens is 266 g/mol. The van der Waals surface area contributed by atoms with E-state index in [0.29, 0.717) is 5.56 Å². The molecule has 0 saturated heterocycles. The Balaban J connectivity index is 2.65. The second kappa shape index (κ2) is 5.03. The third-order valence-corrected chi connectivity index (χ3v) is 5.34. The van der Waals surface area contributed by atoms with Gasteiger partial charge in [0.1, 0.15) is 5.75 Å². The van der Waals surface area contributed by atoms with E-state index in [-0.39, 0.29) is 12.3 Å². The molecule has 0 heterocycles. The third kappa shape index (κ3) is 5.66. The number of sulfonamides is 1. The lowest BCUT2D eigenvalue weighted by atomic mass is 10.2. The van der Waals surface area contributed by atoms with Gasteiger partial charge in [0, 0.05) is 12.8 Å². The first kappa shape index (κ1) is 13.9. The highest BCUT2D eigenvalue weighted by Crippen LogP contribution is 2.09. The molecule has 0 saturated carbocycles. The summed E-state index contributed by atoms with van der Waals surface area (Å²) in [6.45, 7) is -0.0157. The van der Waals surface area contributed by atoms with Crippen LogP contribution in [0.2, 0.25) is 0 Å². The Morgan fingerprint density at radius 1 is 1.12 bits per heavy atom. The molecule has 0 unspecified atom stereocenters. The molecule has 0 bridgehead atoms. The summed E-state index contributed by atoms with van der Waals surface area (Å²) in [5, 5.41) is 8.09. The van der Waals surface area contributed by atoms with Gasteiger partial charge in [-0.1, -0.05) is 12.1 Å². The summed E-state index contributed by atoms with van der Waals surface area (Å²) < 4.78 is 46.6. The second-order valence-corrected chi connectivity index (χ2v) is 7.96. The fourth-order valence-corrected chi connectivity index (χ4v) is 4.11. The van der Waals surface area contributed by atoms with Gasteiger partial charge in [0.2, 0.25) is 10.0 Å². The van der Waals surface area contributed by atoms with E-state index in [1.165, 1.54) is 24.3 Å². The zero-order chi connectivity index (χ0) is 13.1. The van der Waals surface area contributed by atoms with Crippen molar-refractivity contribution in [3.05, 3.63) is 29.8 Å². The van der Waals surface area contributed by atoms with Crippen LogP contribution < -0.4 is 4.72 Å². The van der Waals surface area contributed by atoms with Crippen LogP contribution in [-0.2, 0) is 26.4 Å². The first-order valence-electron chi connectivity index (χ1n) is 4.61. The maximum absolute atomic E-state index is 11.3. The first-order chi connectivity index (χ1) is 7.68. The molecule has 2 N–H and O–H groups in total. The van der Waals surface area contributed by atoms with Crippen molar-refractivity contribution in [3.8, 4) is 5.75 Å². The quantitative estimate of drug-likeness (QED) is 0.778. The molecule has 0 aliphatic carbocycles. The topological polar surface area (TPSA) is 101 Å². The number of hydrogen-bond acceptors (Lipinski definition) is 5. The van der Waals surface area contributed by atoms with E-state index in [0.717, 1.165) is 6.26 Å². The average Bonchev–Trinajstić information content (AvgIpc) is 2.13. The zero-order valence-electron chi connectivity index (χ0n) is 9.12. The molecule has 0 atom stereocenters. The number of sulfone groups is 1. The maximum atomic E-state index is 11.3. The van der Waals surface area contributed by atoms with Crippen LogP contribution >= 0.6 is 0 Å². The van der Waals surface area contributed by atoms with Gasteiger partial charge in [0.25, 0.3) is 0 Å². The smallest absolute Gasteiger partial charge is 0.226 e. The Morgan fingerprint density at radius 3 is 2.12 bits per heavy atom. The van der Waals surface area contributed by atoms with Gasteiger partial charge in [0.15, 0.2) is 14.9 Å². The highest BCUT2D eigenvalue weighted by molar-refractivity contribution is 8.06. The van der Waals surface area contributed by atoms with Crippen LogP contribution in [0.3, 0.4) is 0 Å².